The van der Waals surface area contributed by atoms with Gasteiger partial charge in [0.15, 0.2) is 0 Å². The molecule has 1 aliphatic heterocycles. The molecule has 0 saturated carbocycles. The van der Waals surface area contributed by atoms with Crippen LogP contribution >= 0.6 is 0 Å². The van der Waals surface area contributed by atoms with Crippen LogP contribution in [0.3, 0.4) is 0 Å². The number of aromatic nitrogens is 2. The summed E-state index contributed by atoms with van der Waals surface area (Å²) in [5.41, 5.74) is 1.11. The van der Waals surface area contributed by atoms with Crippen LogP contribution in [0.15, 0.2) is 58.4 Å². The highest BCUT2D eigenvalue weighted by Crippen LogP contribution is 2.14. The highest BCUT2D eigenvalue weighted by molar-refractivity contribution is 5.80. The molecule has 0 atom stereocenters. The SMILES string of the molecule is O=c1c2ccccc2nc(CN2CCCC2)n1/N=C/c1ccc([N+](=O)[O-])cc1. The fourth-order valence-electron chi connectivity index (χ4n) is 3.34. The molecular formula is C20H19N5O3. The molecule has 28 heavy (non-hydrogen) atoms. The zero-order valence-corrected chi connectivity index (χ0v) is 15.2. The lowest BCUT2D eigenvalue weighted by Gasteiger charge is -2.16. The average molecular weight is 377 g/mol. The molecule has 0 bridgehead atoms. The van der Waals surface area contributed by atoms with Crippen molar-refractivity contribution in [3.63, 3.8) is 0 Å². The van der Waals surface area contributed by atoms with E-state index < -0.39 is 4.92 Å². The predicted octanol–water partition coefficient (Wildman–Crippen LogP) is 2.78. The van der Waals surface area contributed by atoms with Gasteiger partial charge in [-0.1, -0.05) is 12.1 Å². The zero-order valence-electron chi connectivity index (χ0n) is 15.2. The van der Waals surface area contributed by atoms with Gasteiger partial charge in [-0.05, 0) is 55.8 Å². The molecule has 0 N–H and O–H groups in total. The topological polar surface area (TPSA) is 93.6 Å². The third kappa shape index (κ3) is 3.67. The van der Waals surface area contributed by atoms with Gasteiger partial charge in [0.2, 0.25) is 0 Å². The zero-order chi connectivity index (χ0) is 19.5. The minimum atomic E-state index is -0.452. The summed E-state index contributed by atoms with van der Waals surface area (Å²) in [6.07, 6.45) is 3.81. The molecule has 0 radical (unpaired) electrons. The minimum Gasteiger partial charge on any atom is -0.296 e. The number of hydrogen-bond acceptors (Lipinski definition) is 6. The number of benzene rings is 2. The van der Waals surface area contributed by atoms with E-state index in [2.05, 4.69) is 15.0 Å². The van der Waals surface area contributed by atoms with Crippen LogP contribution in [-0.4, -0.2) is 38.8 Å². The Morgan fingerprint density at radius 1 is 1.11 bits per heavy atom. The summed E-state index contributed by atoms with van der Waals surface area (Å²) in [4.78, 5) is 30.2. The van der Waals surface area contributed by atoms with Crippen LogP contribution in [0, 0.1) is 10.1 Å². The predicted molar refractivity (Wildman–Crippen MR) is 107 cm³/mol. The lowest BCUT2D eigenvalue weighted by atomic mass is 10.2. The number of nitro groups is 1. The quantitative estimate of drug-likeness (QED) is 0.387. The first-order valence-corrected chi connectivity index (χ1v) is 9.14. The normalized spacial score (nSPS) is 14.9. The van der Waals surface area contributed by atoms with E-state index in [1.54, 1.807) is 24.3 Å². The fraction of sp³-hybridized carbons (Fsp3) is 0.250. The van der Waals surface area contributed by atoms with E-state index in [-0.39, 0.29) is 11.2 Å². The molecule has 0 spiro atoms. The summed E-state index contributed by atoms with van der Waals surface area (Å²) in [5.74, 6) is 0.587. The molecule has 2 heterocycles. The number of rotatable bonds is 5. The maximum Gasteiger partial charge on any atom is 0.282 e. The Morgan fingerprint density at radius 2 is 1.82 bits per heavy atom. The van der Waals surface area contributed by atoms with Gasteiger partial charge in [-0.2, -0.15) is 9.78 Å². The molecule has 0 unspecified atom stereocenters. The number of likely N-dealkylation sites (tertiary alicyclic amines) is 1. The first kappa shape index (κ1) is 18.0. The first-order chi connectivity index (χ1) is 13.6. The Balaban J connectivity index is 1.73. The van der Waals surface area contributed by atoms with Crippen LogP contribution in [0.1, 0.15) is 24.2 Å². The van der Waals surface area contributed by atoms with Crippen molar-refractivity contribution < 1.29 is 4.92 Å². The van der Waals surface area contributed by atoms with Gasteiger partial charge in [0.25, 0.3) is 11.2 Å². The van der Waals surface area contributed by atoms with E-state index in [0.717, 1.165) is 25.9 Å². The Hall–Kier alpha value is -3.39. The van der Waals surface area contributed by atoms with Gasteiger partial charge in [-0.25, -0.2) is 4.98 Å². The molecule has 0 aliphatic carbocycles. The van der Waals surface area contributed by atoms with Gasteiger partial charge in [0, 0.05) is 12.1 Å². The second-order valence-electron chi connectivity index (χ2n) is 6.74. The second kappa shape index (κ2) is 7.69. The Kier molecular flexibility index (Phi) is 4.94. The van der Waals surface area contributed by atoms with Crippen molar-refractivity contribution in [3.05, 3.63) is 80.4 Å². The fourth-order valence-corrected chi connectivity index (χ4v) is 3.34. The third-order valence-electron chi connectivity index (χ3n) is 4.81. The van der Waals surface area contributed by atoms with E-state index in [1.165, 1.54) is 23.0 Å². The summed E-state index contributed by atoms with van der Waals surface area (Å²) in [6.45, 7) is 2.52. The van der Waals surface area contributed by atoms with E-state index in [1.807, 2.05) is 12.1 Å². The van der Waals surface area contributed by atoms with Crippen LogP contribution in [0.4, 0.5) is 5.69 Å². The number of fused-ring (bicyclic) bond motifs is 1. The number of para-hydroxylation sites is 1. The Labute approximate surface area is 160 Å². The Bertz CT molecular complexity index is 1100. The maximum atomic E-state index is 13.0. The van der Waals surface area contributed by atoms with E-state index >= 15 is 0 Å². The van der Waals surface area contributed by atoms with Gasteiger partial charge in [-0.15, -0.1) is 0 Å². The molecule has 4 rings (SSSR count). The number of hydrogen-bond donors (Lipinski definition) is 0. The molecular weight excluding hydrogens is 358 g/mol. The van der Waals surface area contributed by atoms with Crippen molar-refractivity contribution in [1.29, 1.82) is 0 Å². The highest BCUT2D eigenvalue weighted by atomic mass is 16.6. The van der Waals surface area contributed by atoms with Crippen LogP contribution in [0.2, 0.25) is 0 Å². The number of nitro benzene ring substituents is 1. The van der Waals surface area contributed by atoms with E-state index in [4.69, 9.17) is 0 Å². The van der Waals surface area contributed by atoms with E-state index in [0.29, 0.717) is 28.8 Å². The van der Waals surface area contributed by atoms with Gasteiger partial charge >= 0.3 is 0 Å². The largest absolute Gasteiger partial charge is 0.296 e. The molecule has 2 aromatic carbocycles. The molecule has 8 heteroatoms. The standard InChI is InChI=1S/C20H19N5O3/c26-20-17-5-1-2-6-18(17)22-19(14-23-11-3-4-12-23)24(20)21-13-15-7-9-16(10-8-15)25(27)28/h1-2,5-10,13H,3-4,11-12,14H2/b21-13+. The first-order valence-electron chi connectivity index (χ1n) is 9.14. The number of non-ortho nitro benzene ring substituents is 1. The van der Waals surface area contributed by atoms with Gasteiger partial charge in [0.05, 0.1) is 28.6 Å². The molecule has 1 saturated heterocycles. The smallest absolute Gasteiger partial charge is 0.282 e. The molecule has 8 nitrogen and oxygen atoms in total. The average Bonchev–Trinajstić information content (AvgIpc) is 3.21. The van der Waals surface area contributed by atoms with E-state index in [9.17, 15) is 14.9 Å². The summed E-state index contributed by atoms with van der Waals surface area (Å²) in [6, 6.07) is 13.2. The molecule has 1 fully saturated rings. The Morgan fingerprint density at radius 3 is 2.54 bits per heavy atom. The van der Waals surface area contributed by atoms with Crippen molar-refractivity contribution in [2.75, 3.05) is 13.1 Å². The minimum absolute atomic E-state index is 0.0106. The molecule has 142 valence electrons. The van der Waals surface area contributed by atoms with Crippen LogP contribution in [0.25, 0.3) is 10.9 Å². The summed E-state index contributed by atoms with van der Waals surface area (Å²) < 4.78 is 1.34. The van der Waals surface area contributed by atoms with Crippen LogP contribution in [0.5, 0.6) is 0 Å². The summed E-state index contributed by atoms with van der Waals surface area (Å²) >= 11 is 0. The van der Waals surface area contributed by atoms with Crippen molar-refractivity contribution in [2.24, 2.45) is 5.10 Å². The van der Waals surface area contributed by atoms with Crippen molar-refractivity contribution >= 4 is 22.8 Å². The van der Waals surface area contributed by atoms with Crippen molar-refractivity contribution in [1.82, 2.24) is 14.6 Å². The van der Waals surface area contributed by atoms with Gasteiger partial charge in [0.1, 0.15) is 5.82 Å². The lowest BCUT2D eigenvalue weighted by molar-refractivity contribution is -0.384. The highest BCUT2D eigenvalue weighted by Gasteiger charge is 2.17. The monoisotopic (exact) mass is 377 g/mol. The van der Waals surface area contributed by atoms with Crippen molar-refractivity contribution in [2.45, 2.75) is 19.4 Å². The van der Waals surface area contributed by atoms with Gasteiger partial charge in [-0.3, -0.25) is 19.8 Å². The second-order valence-corrected chi connectivity index (χ2v) is 6.74. The van der Waals surface area contributed by atoms with Crippen LogP contribution < -0.4 is 5.56 Å². The number of nitrogens with zero attached hydrogens (tertiary/aromatic N) is 5. The van der Waals surface area contributed by atoms with Gasteiger partial charge < -0.3 is 0 Å². The molecule has 3 aromatic rings. The lowest BCUT2D eigenvalue weighted by Crippen LogP contribution is -2.28. The molecule has 1 aliphatic rings. The van der Waals surface area contributed by atoms with Crippen molar-refractivity contribution in [3.8, 4) is 0 Å². The molecule has 1 aromatic heterocycles. The molecule has 0 amide bonds. The van der Waals surface area contributed by atoms with Crippen LogP contribution in [-0.2, 0) is 6.54 Å². The summed E-state index contributed by atoms with van der Waals surface area (Å²) in [7, 11) is 0. The summed E-state index contributed by atoms with van der Waals surface area (Å²) in [5, 5.41) is 15.7. The third-order valence-corrected chi connectivity index (χ3v) is 4.81. The maximum absolute atomic E-state index is 13.0.